The Balaban J connectivity index is -0.000001000. The molecule has 0 spiro atoms. The van der Waals surface area contributed by atoms with Crippen LogP contribution < -0.4 is 11.9 Å². The Labute approximate surface area is 161 Å². The predicted molar refractivity (Wildman–Crippen MR) is 97.5 cm³/mol. The summed E-state index contributed by atoms with van der Waals surface area (Å²) in [6, 6.07) is 12.1. The van der Waals surface area contributed by atoms with Gasteiger partial charge in [0.2, 0.25) is 0 Å². The fraction of sp³-hybridized carbons (Fsp3) is 0.375. The Kier molecular flexibility index (Phi) is 13.9. The van der Waals surface area contributed by atoms with E-state index in [4.69, 9.17) is 5.73 Å². The minimum atomic E-state index is -0.332. The number of halogens is 2. The molecule has 1 radical (unpaired) electrons. The first-order valence-corrected chi connectivity index (χ1v) is 6.59. The summed E-state index contributed by atoms with van der Waals surface area (Å²) in [4.78, 5) is 9.03. The van der Waals surface area contributed by atoms with Crippen molar-refractivity contribution in [3.05, 3.63) is 59.2 Å². The zero-order chi connectivity index (χ0) is 13.9. The second-order valence-corrected chi connectivity index (χ2v) is 5.55. The summed E-state index contributed by atoms with van der Waals surface area (Å²) in [5.41, 5.74) is 10.2. The van der Waals surface area contributed by atoms with Crippen LogP contribution in [0.1, 0.15) is 29.7 Å². The van der Waals surface area contributed by atoms with Crippen LogP contribution in [0.25, 0.3) is 0 Å². The van der Waals surface area contributed by atoms with Gasteiger partial charge in [0, 0.05) is 57.9 Å². The largest absolute Gasteiger partial charge is 0.344 e. The van der Waals surface area contributed by atoms with E-state index in [1.807, 2.05) is 50.2 Å². The molecule has 0 aromatic carbocycles. The van der Waals surface area contributed by atoms with E-state index >= 15 is 0 Å². The van der Waals surface area contributed by atoms with Crippen molar-refractivity contribution in [1.29, 1.82) is 0 Å². The van der Waals surface area contributed by atoms with Gasteiger partial charge >= 0.3 is 0 Å². The molecule has 0 aliphatic carbocycles. The van der Waals surface area contributed by atoms with Crippen molar-refractivity contribution in [2.24, 2.45) is 5.73 Å². The number of rotatable bonds is 4. The maximum atomic E-state index is 6.40. The van der Waals surface area contributed by atoms with Gasteiger partial charge in [0.1, 0.15) is 0 Å². The Morgan fingerprint density at radius 2 is 1.22 bits per heavy atom. The third kappa shape index (κ3) is 9.25. The Morgan fingerprint density at radius 3 is 1.52 bits per heavy atom. The predicted octanol–water partition coefficient (Wildman–Crippen LogP) is 3.60. The van der Waals surface area contributed by atoms with Crippen molar-refractivity contribution < 1.29 is 16.8 Å². The SMILES string of the molecule is Cc1cccc(CC(C)(N)Cc2cccc(C)n2)n1.Cl.Cl.N.[Co]. The summed E-state index contributed by atoms with van der Waals surface area (Å²) in [6.45, 7) is 6.06. The second-order valence-electron chi connectivity index (χ2n) is 5.55. The summed E-state index contributed by atoms with van der Waals surface area (Å²) >= 11 is 0. The summed E-state index contributed by atoms with van der Waals surface area (Å²) in [6.07, 6.45) is 1.51. The van der Waals surface area contributed by atoms with E-state index in [0.29, 0.717) is 0 Å². The van der Waals surface area contributed by atoms with Crippen molar-refractivity contribution in [3.8, 4) is 0 Å². The monoisotopic (exact) mass is 403 g/mol. The van der Waals surface area contributed by atoms with Gasteiger partial charge in [0.15, 0.2) is 0 Å². The van der Waals surface area contributed by atoms with Crippen molar-refractivity contribution in [2.75, 3.05) is 0 Å². The minimum absolute atomic E-state index is 0. The van der Waals surface area contributed by atoms with E-state index in [1.54, 1.807) is 0 Å². The molecule has 0 bridgehead atoms. The van der Waals surface area contributed by atoms with Gasteiger partial charge < -0.3 is 11.9 Å². The smallest absolute Gasteiger partial charge is 0.0425 e. The molecule has 0 aliphatic rings. The molecule has 0 saturated carbocycles. The van der Waals surface area contributed by atoms with E-state index < -0.39 is 0 Å². The standard InChI is InChI=1S/C16H21N3.2ClH.Co.H3N/c1-12-6-4-8-14(18-12)10-16(3,17)11-15-9-5-7-13(2)19-15;;;;/h4-9H,10-11,17H2,1-3H3;2*1H;;1H3. The third-order valence-corrected chi connectivity index (χ3v) is 3.06. The molecule has 0 amide bonds. The molecule has 2 aromatic rings. The molecule has 0 atom stereocenters. The van der Waals surface area contributed by atoms with Gasteiger partial charge in [-0.3, -0.25) is 9.97 Å². The Hall–Kier alpha value is -0.694. The fourth-order valence-electron chi connectivity index (χ4n) is 2.29. The number of hydrogen-bond donors (Lipinski definition) is 2. The molecule has 2 heterocycles. The normalized spacial score (nSPS) is 9.57. The van der Waals surface area contributed by atoms with Gasteiger partial charge in [-0.1, -0.05) is 12.1 Å². The van der Waals surface area contributed by atoms with Crippen LogP contribution in [0.4, 0.5) is 0 Å². The molecule has 0 unspecified atom stereocenters. The number of aryl methyl sites for hydroxylation is 2. The maximum Gasteiger partial charge on any atom is 0.0425 e. The van der Waals surface area contributed by atoms with E-state index in [9.17, 15) is 0 Å². The number of pyridine rings is 2. The third-order valence-electron chi connectivity index (χ3n) is 3.06. The summed E-state index contributed by atoms with van der Waals surface area (Å²) in [5, 5.41) is 0. The molecule has 4 nitrogen and oxygen atoms in total. The van der Waals surface area contributed by atoms with Crippen LogP contribution in [0.15, 0.2) is 36.4 Å². The van der Waals surface area contributed by atoms with Crippen molar-refractivity contribution in [3.63, 3.8) is 0 Å². The summed E-state index contributed by atoms with van der Waals surface area (Å²) in [5.74, 6) is 0. The first kappa shape index (κ1) is 27.2. The van der Waals surface area contributed by atoms with Crippen LogP contribution >= 0.6 is 24.8 Å². The molecule has 7 heteroatoms. The number of hydrogen-bond acceptors (Lipinski definition) is 4. The van der Waals surface area contributed by atoms with E-state index in [2.05, 4.69) is 16.9 Å². The first-order chi connectivity index (χ1) is 8.94. The van der Waals surface area contributed by atoms with Gasteiger partial charge in [-0.2, -0.15) is 0 Å². The van der Waals surface area contributed by atoms with Crippen LogP contribution in [0.3, 0.4) is 0 Å². The molecular weight excluding hydrogens is 378 g/mol. The summed E-state index contributed by atoms with van der Waals surface area (Å²) < 4.78 is 0. The number of aromatic nitrogens is 2. The quantitative estimate of drug-likeness (QED) is 0.816. The topological polar surface area (TPSA) is 86.8 Å². The van der Waals surface area contributed by atoms with Gasteiger partial charge in [-0.05, 0) is 45.0 Å². The zero-order valence-electron chi connectivity index (χ0n) is 13.7. The molecule has 23 heavy (non-hydrogen) atoms. The molecule has 133 valence electrons. The molecule has 0 aliphatic heterocycles. The fourth-order valence-corrected chi connectivity index (χ4v) is 2.29. The molecule has 0 fully saturated rings. The van der Waals surface area contributed by atoms with E-state index in [0.717, 1.165) is 35.6 Å². The first-order valence-electron chi connectivity index (χ1n) is 6.59. The number of nitrogens with zero attached hydrogens (tertiary/aromatic N) is 2. The average Bonchev–Trinajstić information content (AvgIpc) is 2.27. The summed E-state index contributed by atoms with van der Waals surface area (Å²) in [7, 11) is 0. The molecular formula is C16H26Cl2CoN4. The van der Waals surface area contributed by atoms with Gasteiger partial charge in [-0.25, -0.2) is 0 Å². The van der Waals surface area contributed by atoms with Crippen LogP contribution in [-0.4, -0.2) is 15.5 Å². The maximum absolute atomic E-state index is 6.40. The zero-order valence-corrected chi connectivity index (χ0v) is 16.4. The van der Waals surface area contributed by atoms with Gasteiger partial charge in [0.25, 0.3) is 0 Å². The number of nitrogens with two attached hydrogens (primary N) is 1. The molecule has 2 aromatic heterocycles. The molecule has 0 saturated heterocycles. The van der Waals surface area contributed by atoms with Crippen LogP contribution in [0.5, 0.6) is 0 Å². The van der Waals surface area contributed by atoms with E-state index in [1.165, 1.54) is 0 Å². The van der Waals surface area contributed by atoms with Gasteiger partial charge in [0.05, 0.1) is 0 Å². The average molecular weight is 404 g/mol. The van der Waals surface area contributed by atoms with Crippen LogP contribution in [0.2, 0.25) is 0 Å². The van der Waals surface area contributed by atoms with Crippen LogP contribution in [-0.2, 0) is 29.6 Å². The molecule has 2 rings (SSSR count). The second kappa shape index (κ2) is 11.8. The van der Waals surface area contributed by atoms with Gasteiger partial charge in [-0.15, -0.1) is 24.8 Å². The van der Waals surface area contributed by atoms with Crippen LogP contribution in [0, 0.1) is 13.8 Å². The van der Waals surface area contributed by atoms with E-state index in [-0.39, 0.29) is 53.3 Å². The Bertz CT molecular complexity index is 530. The Morgan fingerprint density at radius 1 is 0.870 bits per heavy atom. The minimum Gasteiger partial charge on any atom is -0.344 e. The van der Waals surface area contributed by atoms with Crippen molar-refractivity contribution in [1.82, 2.24) is 16.1 Å². The van der Waals surface area contributed by atoms with Crippen molar-refractivity contribution in [2.45, 2.75) is 39.2 Å². The van der Waals surface area contributed by atoms with Crippen molar-refractivity contribution >= 4 is 24.8 Å². The molecule has 5 N–H and O–H groups in total.